The minimum Gasteiger partial charge on any atom is -0.382 e. The van der Waals surface area contributed by atoms with Crippen molar-refractivity contribution in [3.05, 3.63) is 15.6 Å². The van der Waals surface area contributed by atoms with Crippen molar-refractivity contribution in [2.75, 3.05) is 40.5 Å². The first-order valence-corrected chi connectivity index (χ1v) is 8.89. The molecule has 1 unspecified atom stereocenters. The second-order valence-corrected chi connectivity index (χ2v) is 7.29. The fourth-order valence-corrected chi connectivity index (χ4v) is 3.79. The molecule has 1 atom stereocenters. The number of aromatic nitrogens is 1. The summed E-state index contributed by atoms with van der Waals surface area (Å²) in [5.74, 6) is 1.36. The number of aryl methyl sites for hydroxylation is 1. The molecule has 1 aliphatic rings. The molecule has 2 heterocycles. The van der Waals surface area contributed by atoms with Crippen LogP contribution in [0.1, 0.15) is 35.3 Å². The number of halogens is 1. The number of hydrogen-bond donors (Lipinski definition) is 1. The van der Waals surface area contributed by atoms with E-state index < -0.39 is 0 Å². The van der Waals surface area contributed by atoms with Gasteiger partial charge in [0.05, 0.1) is 31.6 Å². The zero-order chi connectivity index (χ0) is 16.8. The maximum absolute atomic E-state index is 5.69. The SMILES string of the molecule is CN=C(NCc1nc(C(C)C)c(C)s1)N1CCOC(COC)C1.I. The summed E-state index contributed by atoms with van der Waals surface area (Å²) in [4.78, 5) is 12.7. The maximum atomic E-state index is 5.69. The number of thiazole rings is 1. The van der Waals surface area contributed by atoms with Crippen LogP contribution in [0.25, 0.3) is 0 Å². The standard InChI is InChI=1S/C16H28N4O2S.HI/c1-11(2)15-12(3)23-14(19-15)8-18-16(17-4)20-6-7-22-13(9-20)10-21-5;/h11,13H,6-10H2,1-5H3,(H,17,18);1H. The Bertz CT molecular complexity index is 534. The van der Waals surface area contributed by atoms with Crippen LogP contribution in [-0.4, -0.2) is 62.4 Å². The van der Waals surface area contributed by atoms with Gasteiger partial charge in [-0.05, 0) is 12.8 Å². The number of ether oxygens (including phenoxy) is 2. The molecule has 6 nitrogen and oxygen atoms in total. The second-order valence-electron chi connectivity index (χ2n) is 6.00. The fourth-order valence-electron chi connectivity index (χ4n) is 2.76. The monoisotopic (exact) mass is 468 g/mol. The number of aliphatic imine (C=N–C) groups is 1. The minimum absolute atomic E-state index is 0. The lowest BCUT2D eigenvalue weighted by Crippen LogP contribution is -2.51. The molecule has 1 saturated heterocycles. The molecule has 24 heavy (non-hydrogen) atoms. The zero-order valence-electron chi connectivity index (χ0n) is 15.2. The summed E-state index contributed by atoms with van der Waals surface area (Å²) in [7, 11) is 3.52. The second kappa shape index (κ2) is 10.5. The number of morpholine rings is 1. The predicted molar refractivity (Wildman–Crippen MR) is 110 cm³/mol. The summed E-state index contributed by atoms with van der Waals surface area (Å²) < 4.78 is 10.9. The van der Waals surface area contributed by atoms with Gasteiger partial charge in [-0.2, -0.15) is 0 Å². The Morgan fingerprint density at radius 2 is 2.29 bits per heavy atom. The highest BCUT2D eigenvalue weighted by Gasteiger charge is 2.23. The number of nitrogens with one attached hydrogen (secondary N) is 1. The normalized spacial score (nSPS) is 18.7. The van der Waals surface area contributed by atoms with E-state index in [4.69, 9.17) is 14.5 Å². The molecule has 0 aliphatic carbocycles. The van der Waals surface area contributed by atoms with E-state index in [9.17, 15) is 0 Å². The maximum Gasteiger partial charge on any atom is 0.194 e. The average molecular weight is 468 g/mol. The van der Waals surface area contributed by atoms with Crippen molar-refractivity contribution in [1.82, 2.24) is 15.2 Å². The van der Waals surface area contributed by atoms with E-state index in [-0.39, 0.29) is 30.1 Å². The quantitative estimate of drug-likeness (QED) is 0.409. The molecule has 1 aromatic rings. The van der Waals surface area contributed by atoms with Crippen molar-refractivity contribution in [3.63, 3.8) is 0 Å². The lowest BCUT2D eigenvalue weighted by molar-refractivity contribution is -0.0447. The van der Waals surface area contributed by atoms with Gasteiger partial charge in [-0.15, -0.1) is 35.3 Å². The fraction of sp³-hybridized carbons (Fsp3) is 0.750. The van der Waals surface area contributed by atoms with Gasteiger partial charge in [0.15, 0.2) is 5.96 Å². The van der Waals surface area contributed by atoms with Crippen molar-refractivity contribution in [1.29, 1.82) is 0 Å². The summed E-state index contributed by atoms with van der Waals surface area (Å²) in [5.41, 5.74) is 1.20. The summed E-state index contributed by atoms with van der Waals surface area (Å²) in [6, 6.07) is 0. The van der Waals surface area contributed by atoms with Gasteiger partial charge in [0.25, 0.3) is 0 Å². The van der Waals surface area contributed by atoms with Crippen LogP contribution in [-0.2, 0) is 16.0 Å². The molecule has 1 aliphatic heterocycles. The van der Waals surface area contributed by atoms with E-state index in [1.807, 2.05) is 7.05 Å². The first kappa shape index (κ1) is 21.6. The molecule has 1 aromatic heterocycles. The highest BCUT2D eigenvalue weighted by Crippen LogP contribution is 2.24. The summed E-state index contributed by atoms with van der Waals surface area (Å²) in [6.45, 7) is 10.2. The number of hydrogen-bond acceptors (Lipinski definition) is 5. The molecule has 138 valence electrons. The third-order valence-electron chi connectivity index (χ3n) is 3.82. The molecular weight excluding hydrogens is 439 g/mol. The Labute approximate surface area is 166 Å². The van der Waals surface area contributed by atoms with Crippen LogP contribution in [0.4, 0.5) is 0 Å². The molecule has 0 aromatic carbocycles. The van der Waals surface area contributed by atoms with Crippen LogP contribution in [0.2, 0.25) is 0 Å². The summed E-state index contributed by atoms with van der Waals surface area (Å²) in [5, 5.41) is 4.53. The van der Waals surface area contributed by atoms with E-state index in [0.29, 0.717) is 25.7 Å². The van der Waals surface area contributed by atoms with Crippen LogP contribution in [0, 0.1) is 6.92 Å². The molecule has 0 saturated carbocycles. The summed E-state index contributed by atoms with van der Waals surface area (Å²) >= 11 is 1.76. The van der Waals surface area contributed by atoms with Crippen molar-refractivity contribution >= 4 is 41.3 Å². The van der Waals surface area contributed by atoms with Crippen LogP contribution in [0.15, 0.2) is 4.99 Å². The van der Waals surface area contributed by atoms with Crippen molar-refractivity contribution in [2.45, 2.75) is 39.3 Å². The van der Waals surface area contributed by atoms with Crippen LogP contribution in [0.5, 0.6) is 0 Å². The van der Waals surface area contributed by atoms with E-state index in [1.54, 1.807) is 18.4 Å². The largest absolute Gasteiger partial charge is 0.382 e. The third kappa shape index (κ3) is 5.82. The molecule has 1 N–H and O–H groups in total. The molecule has 0 spiro atoms. The molecule has 8 heteroatoms. The Balaban J connectivity index is 0.00000288. The van der Waals surface area contributed by atoms with Gasteiger partial charge in [-0.1, -0.05) is 13.8 Å². The zero-order valence-corrected chi connectivity index (χ0v) is 18.3. The van der Waals surface area contributed by atoms with Crippen LogP contribution >= 0.6 is 35.3 Å². The molecule has 1 fully saturated rings. The van der Waals surface area contributed by atoms with Gasteiger partial charge in [0, 0.05) is 32.1 Å². The average Bonchev–Trinajstić information content (AvgIpc) is 2.90. The lowest BCUT2D eigenvalue weighted by atomic mass is 10.1. The number of nitrogens with zero attached hydrogens (tertiary/aromatic N) is 3. The number of guanidine groups is 1. The molecule has 2 rings (SSSR count). The highest BCUT2D eigenvalue weighted by molar-refractivity contribution is 14.0. The van der Waals surface area contributed by atoms with Crippen molar-refractivity contribution in [3.8, 4) is 0 Å². The Morgan fingerprint density at radius 3 is 2.88 bits per heavy atom. The molecular formula is C16H29IN4O2S. The van der Waals surface area contributed by atoms with E-state index >= 15 is 0 Å². The summed E-state index contributed by atoms with van der Waals surface area (Å²) in [6.07, 6.45) is 0.0990. The third-order valence-corrected chi connectivity index (χ3v) is 4.81. The molecule has 0 radical (unpaired) electrons. The molecule has 0 amide bonds. The smallest absolute Gasteiger partial charge is 0.194 e. The van der Waals surface area contributed by atoms with Gasteiger partial charge in [-0.3, -0.25) is 4.99 Å². The minimum atomic E-state index is 0. The van der Waals surface area contributed by atoms with E-state index in [2.05, 4.69) is 36.0 Å². The van der Waals surface area contributed by atoms with Gasteiger partial charge in [0.1, 0.15) is 5.01 Å². The van der Waals surface area contributed by atoms with Gasteiger partial charge in [-0.25, -0.2) is 4.98 Å². The predicted octanol–water partition coefficient (Wildman–Crippen LogP) is 2.62. The Kier molecular flexibility index (Phi) is 9.47. The van der Waals surface area contributed by atoms with E-state index in [1.165, 1.54) is 10.6 Å². The first-order chi connectivity index (χ1) is 11.0. The van der Waals surface area contributed by atoms with Gasteiger partial charge >= 0.3 is 0 Å². The Morgan fingerprint density at radius 1 is 1.54 bits per heavy atom. The number of rotatable bonds is 5. The molecule has 0 bridgehead atoms. The Hall–Kier alpha value is -0.450. The van der Waals surface area contributed by atoms with Crippen molar-refractivity contribution in [2.24, 2.45) is 4.99 Å². The van der Waals surface area contributed by atoms with Crippen LogP contribution < -0.4 is 5.32 Å². The lowest BCUT2D eigenvalue weighted by Gasteiger charge is -2.34. The number of methoxy groups -OCH3 is 1. The van der Waals surface area contributed by atoms with Crippen LogP contribution in [0.3, 0.4) is 0 Å². The topological polar surface area (TPSA) is 59.0 Å². The highest BCUT2D eigenvalue weighted by atomic mass is 127. The first-order valence-electron chi connectivity index (χ1n) is 8.07. The van der Waals surface area contributed by atoms with Gasteiger partial charge in [0.2, 0.25) is 0 Å². The van der Waals surface area contributed by atoms with Gasteiger partial charge < -0.3 is 19.7 Å². The van der Waals surface area contributed by atoms with E-state index in [0.717, 1.165) is 24.1 Å². The van der Waals surface area contributed by atoms with Crippen molar-refractivity contribution < 1.29 is 9.47 Å².